The topological polar surface area (TPSA) is 69.7 Å². The van der Waals surface area contributed by atoms with Crippen LogP contribution in [0.5, 0.6) is 11.5 Å². The van der Waals surface area contributed by atoms with E-state index >= 15 is 0 Å². The smallest absolute Gasteiger partial charge is 0.306 e. The number of nitrogens with one attached hydrogen (secondary N) is 1. The minimum atomic E-state index is -0.205. The fourth-order valence-corrected chi connectivity index (χ4v) is 7.02. The zero-order chi connectivity index (χ0) is 25.7. The first-order valence-corrected chi connectivity index (χ1v) is 14.1. The molecule has 0 amide bonds. The molecule has 2 unspecified atom stereocenters. The van der Waals surface area contributed by atoms with Crippen LogP contribution < -0.4 is 14.8 Å². The number of anilines is 1. The van der Waals surface area contributed by atoms with Gasteiger partial charge in [-0.15, -0.1) is 23.1 Å². The number of methoxy groups -OCH3 is 2. The van der Waals surface area contributed by atoms with Gasteiger partial charge in [0.2, 0.25) is 0 Å². The number of halogens is 1. The molecule has 0 fully saturated rings. The van der Waals surface area contributed by atoms with Gasteiger partial charge in [0.05, 0.1) is 53.4 Å². The summed E-state index contributed by atoms with van der Waals surface area (Å²) >= 11 is 15.6. The normalized spacial score (nSPS) is 17.1. The summed E-state index contributed by atoms with van der Waals surface area (Å²) in [5.41, 5.74) is 3.82. The fourth-order valence-electron chi connectivity index (χ4n) is 4.06. The second-order valence-electron chi connectivity index (χ2n) is 8.05. The van der Waals surface area contributed by atoms with Crippen molar-refractivity contribution in [2.24, 2.45) is 0 Å². The van der Waals surface area contributed by atoms with Crippen molar-refractivity contribution in [3.63, 3.8) is 0 Å². The molecule has 10 heteroatoms. The molecule has 2 atom stereocenters. The SMILES string of the molecule is CCOC(=O)CCc1csc(CC2SC(c3cccc(OC)c3OC)c3cc(Cl)ccc3NC2=S)n1. The van der Waals surface area contributed by atoms with Gasteiger partial charge in [-0.2, -0.15) is 0 Å². The zero-order valence-electron chi connectivity index (χ0n) is 20.2. The van der Waals surface area contributed by atoms with Crippen LogP contribution in [0, 0.1) is 0 Å². The Balaban J connectivity index is 1.63. The highest BCUT2D eigenvalue weighted by Crippen LogP contribution is 2.50. The first kappa shape index (κ1) is 26.7. The summed E-state index contributed by atoms with van der Waals surface area (Å²) in [6.07, 6.45) is 1.54. The number of ether oxygens (including phenoxy) is 3. The van der Waals surface area contributed by atoms with Crippen molar-refractivity contribution < 1.29 is 19.0 Å². The van der Waals surface area contributed by atoms with Gasteiger partial charge in [-0.3, -0.25) is 4.79 Å². The predicted octanol–water partition coefficient (Wildman–Crippen LogP) is 6.50. The van der Waals surface area contributed by atoms with Gasteiger partial charge >= 0.3 is 5.97 Å². The number of thioether (sulfide) groups is 1. The van der Waals surface area contributed by atoms with Crippen molar-refractivity contribution in [3.8, 4) is 11.5 Å². The van der Waals surface area contributed by atoms with Crippen LogP contribution in [-0.4, -0.2) is 42.0 Å². The molecule has 6 nitrogen and oxygen atoms in total. The molecule has 1 aliphatic heterocycles. The zero-order valence-corrected chi connectivity index (χ0v) is 23.4. The van der Waals surface area contributed by atoms with Gasteiger partial charge < -0.3 is 19.5 Å². The molecule has 1 aliphatic rings. The minimum Gasteiger partial charge on any atom is -0.493 e. The number of fused-ring (bicyclic) bond motifs is 1. The van der Waals surface area contributed by atoms with Gasteiger partial charge in [0, 0.05) is 34.5 Å². The number of benzene rings is 2. The summed E-state index contributed by atoms with van der Waals surface area (Å²) in [6.45, 7) is 2.19. The van der Waals surface area contributed by atoms with Crippen molar-refractivity contribution in [3.05, 3.63) is 68.6 Å². The van der Waals surface area contributed by atoms with Gasteiger partial charge in [0.1, 0.15) is 0 Å². The van der Waals surface area contributed by atoms with E-state index in [4.69, 9.17) is 43.0 Å². The van der Waals surface area contributed by atoms with Gasteiger partial charge in [-0.05, 0) is 36.8 Å². The lowest BCUT2D eigenvalue weighted by molar-refractivity contribution is -0.143. The van der Waals surface area contributed by atoms with Crippen LogP contribution in [-0.2, 0) is 22.4 Å². The average Bonchev–Trinajstić information content (AvgIpc) is 3.28. The third kappa shape index (κ3) is 6.14. The summed E-state index contributed by atoms with van der Waals surface area (Å²) in [7, 11) is 3.28. The summed E-state index contributed by atoms with van der Waals surface area (Å²) < 4.78 is 16.4. The third-order valence-corrected chi connectivity index (χ3v) is 8.91. The quantitative estimate of drug-likeness (QED) is 0.234. The van der Waals surface area contributed by atoms with Crippen molar-refractivity contribution in [1.29, 1.82) is 0 Å². The van der Waals surface area contributed by atoms with Crippen LogP contribution in [0.2, 0.25) is 5.02 Å². The third-order valence-electron chi connectivity index (χ3n) is 5.71. The number of esters is 1. The van der Waals surface area contributed by atoms with E-state index < -0.39 is 0 Å². The van der Waals surface area contributed by atoms with Gasteiger partial charge in [-0.25, -0.2) is 4.98 Å². The summed E-state index contributed by atoms with van der Waals surface area (Å²) in [6, 6.07) is 11.7. The summed E-state index contributed by atoms with van der Waals surface area (Å²) in [5, 5.41) is 6.91. The Hall–Kier alpha value is -2.33. The second kappa shape index (κ2) is 12.3. The maximum Gasteiger partial charge on any atom is 0.306 e. The maximum atomic E-state index is 11.7. The molecule has 0 aliphatic carbocycles. The lowest BCUT2D eigenvalue weighted by atomic mass is 10.0. The minimum absolute atomic E-state index is 0.0452. The fraction of sp³-hybridized carbons (Fsp3) is 0.346. The first-order valence-electron chi connectivity index (χ1n) is 11.5. The predicted molar refractivity (Wildman–Crippen MR) is 151 cm³/mol. The molecular weight excluding hydrogens is 536 g/mol. The van der Waals surface area contributed by atoms with E-state index in [0.29, 0.717) is 42.4 Å². The van der Waals surface area contributed by atoms with E-state index in [1.165, 1.54) is 0 Å². The Morgan fingerprint density at radius 3 is 2.78 bits per heavy atom. The molecule has 1 aromatic heterocycles. The van der Waals surface area contributed by atoms with E-state index in [-0.39, 0.29) is 16.5 Å². The first-order chi connectivity index (χ1) is 17.4. The number of hydrogen-bond donors (Lipinski definition) is 1. The van der Waals surface area contributed by atoms with Crippen molar-refractivity contribution in [1.82, 2.24) is 4.98 Å². The number of carbonyl (C=O) groups is 1. The highest BCUT2D eigenvalue weighted by Gasteiger charge is 2.32. The number of nitrogens with zero attached hydrogens (tertiary/aromatic N) is 1. The molecule has 0 radical (unpaired) electrons. The molecule has 0 saturated heterocycles. The molecule has 36 heavy (non-hydrogen) atoms. The lowest BCUT2D eigenvalue weighted by Gasteiger charge is -2.23. The van der Waals surface area contributed by atoms with E-state index in [2.05, 4.69) is 5.32 Å². The van der Waals surface area contributed by atoms with Crippen LogP contribution in [0.15, 0.2) is 41.8 Å². The highest BCUT2D eigenvalue weighted by atomic mass is 35.5. The molecule has 190 valence electrons. The van der Waals surface area contributed by atoms with Crippen molar-refractivity contribution in [2.75, 3.05) is 26.1 Å². The monoisotopic (exact) mass is 562 g/mol. The molecule has 2 heterocycles. The largest absolute Gasteiger partial charge is 0.493 e. The van der Waals surface area contributed by atoms with Crippen LogP contribution in [0.25, 0.3) is 0 Å². The van der Waals surface area contributed by atoms with Crippen molar-refractivity contribution in [2.45, 2.75) is 36.7 Å². The van der Waals surface area contributed by atoms with Gasteiger partial charge in [0.25, 0.3) is 0 Å². The molecule has 4 rings (SSSR count). The molecular formula is C26H27ClN2O4S3. The van der Waals surface area contributed by atoms with E-state index in [0.717, 1.165) is 32.5 Å². The van der Waals surface area contributed by atoms with E-state index in [1.54, 1.807) is 44.2 Å². The summed E-state index contributed by atoms with van der Waals surface area (Å²) in [4.78, 5) is 17.2. The highest BCUT2D eigenvalue weighted by molar-refractivity contribution is 8.02. The van der Waals surface area contributed by atoms with E-state index in [1.807, 2.05) is 41.8 Å². The number of aromatic nitrogens is 1. The second-order valence-corrected chi connectivity index (χ2v) is 11.2. The molecule has 1 N–H and O–H groups in total. The summed E-state index contributed by atoms with van der Waals surface area (Å²) in [5.74, 6) is 1.15. The average molecular weight is 563 g/mol. The lowest BCUT2D eigenvalue weighted by Crippen LogP contribution is -2.24. The number of thiocarbonyl (C=S) groups is 1. The maximum absolute atomic E-state index is 11.7. The Bertz CT molecular complexity index is 1250. The van der Waals surface area contributed by atoms with E-state index in [9.17, 15) is 4.79 Å². The van der Waals surface area contributed by atoms with Gasteiger partial charge in [0.15, 0.2) is 11.5 Å². The number of aryl methyl sites for hydroxylation is 1. The van der Waals surface area contributed by atoms with Crippen LogP contribution in [0.4, 0.5) is 5.69 Å². The Labute approximate surface area is 229 Å². The van der Waals surface area contributed by atoms with Crippen LogP contribution in [0.3, 0.4) is 0 Å². The van der Waals surface area contributed by atoms with Crippen LogP contribution >= 0.6 is 46.9 Å². The number of para-hydroxylation sites is 1. The standard InChI is InChI=1S/C26H27ClN2O4S3/c1-4-33-23(30)11-9-16-14-35-22(28-16)13-21-26(34)29-19-10-8-15(27)12-18(19)25(36-21)17-6-5-7-20(31-2)24(17)32-3/h5-8,10,12,14,21,25H,4,9,11,13H2,1-3H3,(H,29,34). The van der Waals surface area contributed by atoms with Gasteiger partial charge in [-0.1, -0.05) is 36.0 Å². The molecule has 0 spiro atoms. The number of hydrogen-bond acceptors (Lipinski definition) is 8. The molecule has 2 aromatic carbocycles. The number of rotatable bonds is 9. The van der Waals surface area contributed by atoms with Crippen LogP contribution in [0.1, 0.15) is 40.4 Å². The number of carbonyl (C=O) groups excluding carboxylic acids is 1. The Morgan fingerprint density at radius 2 is 2.03 bits per heavy atom. The number of thiazole rings is 1. The molecule has 0 saturated carbocycles. The molecule has 3 aromatic rings. The van der Waals surface area contributed by atoms with Crippen molar-refractivity contribution >= 4 is 63.6 Å². The Kier molecular flexibility index (Phi) is 9.11. The molecule has 0 bridgehead atoms. The Morgan fingerprint density at radius 1 is 1.19 bits per heavy atom.